The lowest BCUT2D eigenvalue weighted by Gasteiger charge is -2.08. The van der Waals surface area contributed by atoms with Gasteiger partial charge in [-0.05, 0) is 44.0 Å². The Kier molecular flexibility index (Phi) is 3.99. The van der Waals surface area contributed by atoms with Gasteiger partial charge in [0, 0.05) is 18.7 Å². The van der Waals surface area contributed by atoms with Crippen LogP contribution in [0.3, 0.4) is 0 Å². The Hall–Kier alpha value is -0.980. The molecule has 0 aliphatic heterocycles. The van der Waals surface area contributed by atoms with E-state index in [1.165, 1.54) is 18.2 Å². The number of sulfonamides is 1. The summed E-state index contributed by atoms with van der Waals surface area (Å²) in [5.41, 5.74) is 0.354. The van der Waals surface area contributed by atoms with Crippen LogP contribution in [-0.2, 0) is 16.6 Å². The lowest BCUT2D eigenvalue weighted by molar-refractivity contribution is 0.574. The van der Waals surface area contributed by atoms with Crippen molar-refractivity contribution in [2.24, 2.45) is 5.92 Å². The number of halogens is 1. The van der Waals surface area contributed by atoms with Crippen LogP contribution in [0.15, 0.2) is 23.1 Å². The summed E-state index contributed by atoms with van der Waals surface area (Å²) in [5, 5.41) is 2.81. The third-order valence-corrected chi connectivity index (χ3v) is 4.37. The van der Waals surface area contributed by atoms with Crippen molar-refractivity contribution >= 4 is 10.0 Å². The summed E-state index contributed by atoms with van der Waals surface area (Å²) >= 11 is 0. The first-order valence-electron chi connectivity index (χ1n) is 5.95. The smallest absolute Gasteiger partial charge is 0.240 e. The summed E-state index contributed by atoms with van der Waals surface area (Å²) in [5.74, 6) is 0.0718. The van der Waals surface area contributed by atoms with E-state index >= 15 is 0 Å². The molecule has 1 aliphatic carbocycles. The van der Waals surface area contributed by atoms with Crippen LogP contribution in [0.25, 0.3) is 0 Å². The second-order valence-electron chi connectivity index (χ2n) is 4.58. The third kappa shape index (κ3) is 3.28. The molecule has 0 spiro atoms. The number of benzene rings is 1. The van der Waals surface area contributed by atoms with Crippen LogP contribution in [-0.4, -0.2) is 22.0 Å². The summed E-state index contributed by atoms with van der Waals surface area (Å²) in [6.45, 7) is 0.777. The van der Waals surface area contributed by atoms with Crippen molar-refractivity contribution in [3.63, 3.8) is 0 Å². The fourth-order valence-corrected chi connectivity index (χ4v) is 2.84. The van der Waals surface area contributed by atoms with Gasteiger partial charge in [0.05, 0.1) is 4.90 Å². The molecule has 0 radical (unpaired) electrons. The molecule has 1 fully saturated rings. The van der Waals surface area contributed by atoms with Gasteiger partial charge in [0.1, 0.15) is 5.82 Å². The Morgan fingerprint density at radius 1 is 1.39 bits per heavy atom. The summed E-state index contributed by atoms with van der Waals surface area (Å²) in [4.78, 5) is 0.120. The lowest BCUT2D eigenvalue weighted by Crippen LogP contribution is -2.26. The van der Waals surface area contributed by atoms with Crippen LogP contribution >= 0.6 is 0 Å². The molecule has 0 saturated heterocycles. The number of hydrogen-bond donors (Lipinski definition) is 2. The molecule has 0 aromatic heterocycles. The van der Waals surface area contributed by atoms with E-state index in [1.807, 2.05) is 0 Å². The van der Waals surface area contributed by atoms with Gasteiger partial charge in [-0.3, -0.25) is 0 Å². The summed E-state index contributed by atoms with van der Waals surface area (Å²) < 4.78 is 39.9. The molecule has 0 atom stereocenters. The van der Waals surface area contributed by atoms with Crippen LogP contribution in [0.1, 0.15) is 18.4 Å². The second-order valence-corrected chi connectivity index (χ2v) is 6.35. The van der Waals surface area contributed by atoms with E-state index in [4.69, 9.17) is 0 Å². The molecule has 0 bridgehead atoms. The molecule has 18 heavy (non-hydrogen) atoms. The summed E-state index contributed by atoms with van der Waals surface area (Å²) in [6.07, 6.45) is 2.16. The number of rotatable bonds is 6. The largest absolute Gasteiger partial charge is 0.316 e. The van der Waals surface area contributed by atoms with Crippen molar-refractivity contribution in [2.75, 3.05) is 13.6 Å². The normalized spacial score (nSPS) is 15.9. The van der Waals surface area contributed by atoms with Gasteiger partial charge in [0.25, 0.3) is 0 Å². The van der Waals surface area contributed by atoms with Gasteiger partial charge in [0.2, 0.25) is 10.0 Å². The van der Waals surface area contributed by atoms with Crippen molar-refractivity contribution in [3.05, 3.63) is 29.6 Å². The predicted molar refractivity (Wildman–Crippen MR) is 67.1 cm³/mol. The Morgan fingerprint density at radius 3 is 2.72 bits per heavy atom. The minimum Gasteiger partial charge on any atom is -0.316 e. The van der Waals surface area contributed by atoms with E-state index in [0.29, 0.717) is 24.6 Å². The van der Waals surface area contributed by atoms with Crippen LogP contribution < -0.4 is 10.0 Å². The second kappa shape index (κ2) is 5.34. The first kappa shape index (κ1) is 13.5. The van der Waals surface area contributed by atoms with E-state index in [-0.39, 0.29) is 4.90 Å². The van der Waals surface area contributed by atoms with E-state index in [0.717, 1.165) is 12.8 Å². The highest BCUT2D eigenvalue weighted by molar-refractivity contribution is 7.89. The molecule has 100 valence electrons. The van der Waals surface area contributed by atoms with Crippen molar-refractivity contribution in [1.82, 2.24) is 10.0 Å². The van der Waals surface area contributed by atoms with Crippen LogP contribution in [0.2, 0.25) is 0 Å². The Morgan fingerprint density at radius 2 is 2.11 bits per heavy atom. The zero-order valence-corrected chi connectivity index (χ0v) is 11.1. The average Bonchev–Trinajstić information content (AvgIpc) is 3.13. The van der Waals surface area contributed by atoms with Gasteiger partial charge in [-0.1, -0.05) is 0 Å². The minimum atomic E-state index is -3.52. The van der Waals surface area contributed by atoms with E-state index in [2.05, 4.69) is 10.0 Å². The zero-order chi connectivity index (χ0) is 13.2. The zero-order valence-electron chi connectivity index (χ0n) is 10.2. The standard InChI is InChI=1S/C12H17FN2O2S/c1-14-8-10-6-11(4-5-12(10)13)18(16,17)15-7-9-2-3-9/h4-6,9,14-15H,2-3,7-8H2,1H3. The summed E-state index contributed by atoms with van der Waals surface area (Å²) in [6, 6.07) is 3.86. The Labute approximate surface area is 107 Å². The highest BCUT2D eigenvalue weighted by Gasteiger charge is 2.24. The highest BCUT2D eigenvalue weighted by atomic mass is 32.2. The monoisotopic (exact) mass is 272 g/mol. The van der Waals surface area contributed by atoms with Gasteiger partial charge in [-0.2, -0.15) is 0 Å². The maximum absolute atomic E-state index is 13.4. The molecule has 4 nitrogen and oxygen atoms in total. The van der Waals surface area contributed by atoms with Gasteiger partial charge in [0.15, 0.2) is 0 Å². The molecule has 1 aromatic carbocycles. The molecule has 0 unspecified atom stereocenters. The molecule has 0 heterocycles. The van der Waals surface area contributed by atoms with Crippen LogP contribution in [0, 0.1) is 11.7 Å². The van der Waals surface area contributed by atoms with E-state index < -0.39 is 15.8 Å². The van der Waals surface area contributed by atoms with E-state index in [9.17, 15) is 12.8 Å². The maximum atomic E-state index is 13.4. The molecule has 1 aliphatic rings. The van der Waals surface area contributed by atoms with Crippen molar-refractivity contribution in [1.29, 1.82) is 0 Å². The molecular weight excluding hydrogens is 255 g/mol. The maximum Gasteiger partial charge on any atom is 0.240 e. The van der Waals surface area contributed by atoms with Crippen molar-refractivity contribution < 1.29 is 12.8 Å². The van der Waals surface area contributed by atoms with Gasteiger partial charge >= 0.3 is 0 Å². The molecular formula is C12H17FN2O2S. The van der Waals surface area contributed by atoms with Gasteiger partial charge < -0.3 is 5.32 Å². The quantitative estimate of drug-likeness (QED) is 0.819. The molecule has 0 amide bonds. The Balaban J connectivity index is 2.17. The third-order valence-electron chi connectivity index (χ3n) is 2.95. The van der Waals surface area contributed by atoms with Crippen LogP contribution in [0.4, 0.5) is 4.39 Å². The molecule has 1 saturated carbocycles. The van der Waals surface area contributed by atoms with Crippen molar-refractivity contribution in [3.8, 4) is 0 Å². The molecule has 2 rings (SSSR count). The fourth-order valence-electron chi connectivity index (χ4n) is 1.68. The summed E-state index contributed by atoms with van der Waals surface area (Å²) in [7, 11) is -1.83. The first-order chi connectivity index (χ1) is 8.53. The Bertz CT molecular complexity index is 527. The fraction of sp³-hybridized carbons (Fsp3) is 0.500. The highest BCUT2D eigenvalue weighted by Crippen LogP contribution is 2.28. The van der Waals surface area contributed by atoms with Crippen LogP contribution in [0.5, 0.6) is 0 Å². The SMILES string of the molecule is CNCc1cc(S(=O)(=O)NCC2CC2)ccc1F. The van der Waals surface area contributed by atoms with E-state index in [1.54, 1.807) is 7.05 Å². The molecule has 1 aromatic rings. The molecule has 2 N–H and O–H groups in total. The predicted octanol–water partition coefficient (Wildman–Crippen LogP) is 1.23. The van der Waals surface area contributed by atoms with Crippen molar-refractivity contribution in [2.45, 2.75) is 24.3 Å². The van der Waals surface area contributed by atoms with Gasteiger partial charge in [-0.15, -0.1) is 0 Å². The number of nitrogens with one attached hydrogen (secondary N) is 2. The minimum absolute atomic E-state index is 0.120. The van der Waals surface area contributed by atoms with Gasteiger partial charge in [-0.25, -0.2) is 17.5 Å². The topological polar surface area (TPSA) is 58.2 Å². The first-order valence-corrected chi connectivity index (χ1v) is 7.44. The lowest BCUT2D eigenvalue weighted by atomic mass is 10.2. The average molecular weight is 272 g/mol. The molecule has 6 heteroatoms. The number of hydrogen-bond acceptors (Lipinski definition) is 3.